The highest BCUT2D eigenvalue weighted by atomic mass is 32.2. The van der Waals surface area contributed by atoms with Crippen molar-refractivity contribution in [1.82, 2.24) is 0 Å². The third kappa shape index (κ3) is 4.95. The maximum absolute atomic E-state index is 13.0. The summed E-state index contributed by atoms with van der Waals surface area (Å²) in [5, 5.41) is 2.67. The smallest absolute Gasteiger partial charge is 0.262 e. The first-order chi connectivity index (χ1) is 14.9. The van der Waals surface area contributed by atoms with Gasteiger partial charge >= 0.3 is 0 Å². The Morgan fingerprint density at radius 3 is 2.19 bits per heavy atom. The molecule has 2 N–H and O–H groups in total. The molecule has 0 fully saturated rings. The molecule has 0 unspecified atom stereocenters. The average molecular weight is 442 g/mol. The first-order valence-electron chi connectivity index (χ1n) is 9.50. The second-order valence-electron chi connectivity index (χ2n) is 6.80. The summed E-state index contributed by atoms with van der Waals surface area (Å²) in [5.74, 6) is 0.0687. The summed E-state index contributed by atoms with van der Waals surface area (Å²) in [5.41, 5.74) is 1.10. The fourth-order valence-electron chi connectivity index (χ4n) is 2.95. The van der Waals surface area contributed by atoms with Crippen LogP contribution in [0.25, 0.3) is 0 Å². The van der Waals surface area contributed by atoms with Crippen molar-refractivity contribution in [2.45, 2.75) is 11.3 Å². The Morgan fingerprint density at radius 2 is 1.48 bits per heavy atom. The minimum atomic E-state index is -3.85. The zero-order valence-corrected chi connectivity index (χ0v) is 17.1. The van der Waals surface area contributed by atoms with Crippen molar-refractivity contribution in [3.63, 3.8) is 0 Å². The molecule has 1 amide bonds. The van der Waals surface area contributed by atoms with E-state index in [4.69, 9.17) is 9.47 Å². The highest BCUT2D eigenvalue weighted by molar-refractivity contribution is 7.92. The Labute approximate surface area is 178 Å². The summed E-state index contributed by atoms with van der Waals surface area (Å²) in [7, 11) is -3.85. The van der Waals surface area contributed by atoms with Gasteiger partial charge in [-0.05, 0) is 60.7 Å². The van der Waals surface area contributed by atoms with Crippen LogP contribution in [0.2, 0.25) is 0 Å². The van der Waals surface area contributed by atoms with Crippen molar-refractivity contribution >= 4 is 27.3 Å². The topological polar surface area (TPSA) is 93.7 Å². The van der Waals surface area contributed by atoms with Gasteiger partial charge in [-0.25, -0.2) is 12.8 Å². The second kappa shape index (κ2) is 8.65. The number of amides is 1. The molecule has 4 rings (SSSR count). The van der Waals surface area contributed by atoms with Crippen LogP contribution in [-0.4, -0.2) is 27.5 Å². The van der Waals surface area contributed by atoms with Gasteiger partial charge in [0.05, 0.1) is 18.1 Å². The molecule has 1 heterocycles. The third-order valence-corrected chi connectivity index (χ3v) is 5.91. The first-order valence-corrected chi connectivity index (χ1v) is 11.0. The number of carbonyl (C=O) groups is 1. The van der Waals surface area contributed by atoms with Crippen molar-refractivity contribution < 1.29 is 27.1 Å². The highest BCUT2D eigenvalue weighted by Gasteiger charge is 2.19. The van der Waals surface area contributed by atoms with Gasteiger partial charge in [0.15, 0.2) is 11.5 Å². The van der Waals surface area contributed by atoms with Crippen LogP contribution in [0, 0.1) is 5.82 Å². The Morgan fingerprint density at radius 1 is 0.839 bits per heavy atom. The van der Waals surface area contributed by atoms with Gasteiger partial charge in [-0.2, -0.15) is 0 Å². The van der Waals surface area contributed by atoms with Crippen molar-refractivity contribution in [2.75, 3.05) is 23.3 Å². The molecule has 31 heavy (non-hydrogen) atoms. The summed E-state index contributed by atoms with van der Waals surface area (Å²) in [4.78, 5) is 12.2. The van der Waals surface area contributed by atoms with Crippen LogP contribution in [0.15, 0.2) is 71.6 Å². The number of carbonyl (C=O) groups excluding carboxylic acids is 1. The van der Waals surface area contributed by atoms with Crippen molar-refractivity contribution in [1.29, 1.82) is 0 Å². The van der Waals surface area contributed by atoms with E-state index in [1.54, 1.807) is 18.2 Å². The van der Waals surface area contributed by atoms with Gasteiger partial charge in [-0.1, -0.05) is 0 Å². The largest absolute Gasteiger partial charge is 0.490 e. The van der Waals surface area contributed by atoms with Crippen molar-refractivity contribution in [3.05, 3.63) is 78.1 Å². The molecule has 0 radical (unpaired) electrons. The summed E-state index contributed by atoms with van der Waals surface area (Å²) >= 11 is 0. The summed E-state index contributed by atoms with van der Waals surface area (Å²) in [6.07, 6.45) is 0.721. The van der Waals surface area contributed by atoms with Crippen LogP contribution in [0.4, 0.5) is 15.8 Å². The lowest BCUT2D eigenvalue weighted by atomic mass is 10.2. The Bertz CT molecular complexity index is 1200. The molecule has 0 bridgehead atoms. The monoisotopic (exact) mass is 442 g/mol. The van der Waals surface area contributed by atoms with Crippen LogP contribution in [0.3, 0.4) is 0 Å². The maximum Gasteiger partial charge on any atom is 0.262 e. The molecule has 0 aliphatic carbocycles. The number of rotatable bonds is 5. The Kier molecular flexibility index (Phi) is 5.77. The molecule has 0 spiro atoms. The van der Waals surface area contributed by atoms with Crippen molar-refractivity contribution in [2.24, 2.45) is 0 Å². The van der Waals surface area contributed by atoms with Gasteiger partial charge in [0.2, 0.25) is 0 Å². The lowest BCUT2D eigenvalue weighted by Gasteiger charge is -2.12. The quantitative estimate of drug-likeness (QED) is 0.622. The molecule has 1 aliphatic heterocycles. The van der Waals surface area contributed by atoms with Gasteiger partial charge in [0.1, 0.15) is 5.82 Å². The van der Waals surface area contributed by atoms with E-state index in [2.05, 4.69) is 10.0 Å². The number of sulfonamides is 1. The molecule has 7 nitrogen and oxygen atoms in total. The van der Waals surface area contributed by atoms with Crippen LogP contribution < -0.4 is 19.5 Å². The number of ether oxygens (including phenoxy) is 2. The molecule has 0 atom stereocenters. The van der Waals surface area contributed by atoms with E-state index in [0.717, 1.165) is 6.42 Å². The van der Waals surface area contributed by atoms with Crippen LogP contribution in [0.5, 0.6) is 11.5 Å². The Balaban J connectivity index is 1.45. The van der Waals surface area contributed by atoms with Gasteiger partial charge in [0, 0.05) is 29.4 Å². The van der Waals surface area contributed by atoms with E-state index >= 15 is 0 Å². The molecule has 160 valence electrons. The van der Waals surface area contributed by atoms with E-state index in [-0.39, 0.29) is 4.90 Å². The summed E-state index contributed by atoms with van der Waals surface area (Å²) < 4.78 is 52.0. The normalized spacial score (nSPS) is 13.2. The Hall–Kier alpha value is -3.59. The molecule has 0 aromatic heterocycles. The molecule has 3 aromatic rings. The summed E-state index contributed by atoms with van der Waals surface area (Å²) in [6, 6.07) is 15.8. The molecular formula is C22H19FN2O5S. The lowest BCUT2D eigenvalue weighted by Crippen LogP contribution is -2.14. The first kappa shape index (κ1) is 20.7. The SMILES string of the molecule is O=C(Nc1ccc(NS(=O)(=O)c2ccc3c(c2)OCCCO3)cc1)c1ccc(F)cc1. The number of nitrogens with one attached hydrogen (secondary N) is 2. The third-order valence-electron chi connectivity index (χ3n) is 4.53. The molecule has 0 saturated heterocycles. The highest BCUT2D eigenvalue weighted by Crippen LogP contribution is 2.32. The van der Waals surface area contributed by atoms with E-state index in [1.807, 2.05) is 0 Å². The lowest BCUT2D eigenvalue weighted by molar-refractivity contribution is 0.102. The fraction of sp³-hybridized carbons (Fsp3) is 0.136. The number of halogens is 1. The summed E-state index contributed by atoms with van der Waals surface area (Å²) in [6.45, 7) is 0.969. The van der Waals surface area contributed by atoms with Crippen LogP contribution in [0.1, 0.15) is 16.8 Å². The number of anilines is 2. The van der Waals surface area contributed by atoms with Crippen LogP contribution >= 0.6 is 0 Å². The number of hydrogen-bond donors (Lipinski definition) is 2. The predicted octanol–water partition coefficient (Wildman–Crippen LogP) is 4.04. The molecule has 9 heteroatoms. The molecule has 1 aliphatic rings. The zero-order chi connectivity index (χ0) is 21.8. The molecular weight excluding hydrogens is 423 g/mol. The second-order valence-corrected chi connectivity index (χ2v) is 8.49. The minimum Gasteiger partial charge on any atom is -0.490 e. The van der Waals surface area contributed by atoms with Crippen molar-refractivity contribution in [3.8, 4) is 11.5 Å². The molecule has 3 aromatic carbocycles. The zero-order valence-electron chi connectivity index (χ0n) is 16.3. The fourth-order valence-corrected chi connectivity index (χ4v) is 4.02. The number of benzene rings is 3. The minimum absolute atomic E-state index is 0.0467. The van der Waals surface area contributed by atoms with Crippen LogP contribution in [-0.2, 0) is 10.0 Å². The van der Waals surface area contributed by atoms with E-state index in [1.165, 1.54) is 48.5 Å². The van der Waals surface area contributed by atoms with E-state index in [0.29, 0.717) is 41.7 Å². The standard InChI is InChI=1S/C22H19FN2O5S/c23-16-4-2-15(3-5-16)22(26)24-17-6-8-18(9-7-17)25-31(27,28)19-10-11-20-21(14-19)30-13-1-12-29-20/h2-11,14,25H,1,12-13H2,(H,24,26). The van der Waals surface area contributed by atoms with Gasteiger partial charge in [-0.3, -0.25) is 9.52 Å². The maximum atomic E-state index is 13.0. The molecule has 0 saturated carbocycles. The van der Waals surface area contributed by atoms with Gasteiger partial charge < -0.3 is 14.8 Å². The average Bonchev–Trinajstić information content (AvgIpc) is 3.00. The van der Waals surface area contributed by atoms with E-state index < -0.39 is 21.7 Å². The predicted molar refractivity (Wildman–Crippen MR) is 114 cm³/mol. The number of hydrogen-bond acceptors (Lipinski definition) is 5. The van der Waals surface area contributed by atoms with Gasteiger partial charge in [-0.15, -0.1) is 0 Å². The number of fused-ring (bicyclic) bond motifs is 1. The van der Waals surface area contributed by atoms with E-state index in [9.17, 15) is 17.6 Å². The van der Waals surface area contributed by atoms with Gasteiger partial charge in [0.25, 0.3) is 15.9 Å².